The predicted octanol–water partition coefficient (Wildman–Crippen LogP) is 2.81. The first kappa shape index (κ1) is 24.4. The van der Waals surface area contributed by atoms with E-state index in [4.69, 9.17) is 22.4 Å². The van der Waals surface area contributed by atoms with Crippen molar-refractivity contribution in [1.29, 1.82) is 5.26 Å². The monoisotopic (exact) mass is 500 g/mol. The third-order valence-electron chi connectivity index (χ3n) is 5.48. The minimum atomic E-state index is -0.306. The molecule has 1 aromatic carbocycles. The second kappa shape index (κ2) is 9.35. The van der Waals surface area contributed by atoms with Crippen LogP contribution in [0, 0.1) is 17.2 Å². The van der Waals surface area contributed by atoms with Crippen molar-refractivity contribution in [2.24, 2.45) is 5.92 Å². The third kappa shape index (κ3) is 3.90. The number of halogens is 1. The lowest BCUT2D eigenvalue weighted by Gasteiger charge is -2.47. The summed E-state index contributed by atoms with van der Waals surface area (Å²) >= 11 is 6.28. The molecule has 4 heterocycles. The summed E-state index contributed by atoms with van der Waals surface area (Å²) in [5, 5.41) is 14.6. The molecule has 5 rings (SSSR count). The minimum absolute atomic E-state index is 0. The highest BCUT2D eigenvalue weighted by Gasteiger charge is 2.42. The number of rotatable bonds is 3. The summed E-state index contributed by atoms with van der Waals surface area (Å²) in [7, 11) is 0. The van der Waals surface area contributed by atoms with Crippen LogP contribution in [0.5, 0.6) is 0 Å². The molecule has 1 saturated heterocycles. The maximum atomic E-state index is 13.5. The molecule has 33 heavy (non-hydrogen) atoms. The Morgan fingerprint density at radius 3 is 2.61 bits per heavy atom. The van der Waals surface area contributed by atoms with Crippen LogP contribution in [0.15, 0.2) is 53.6 Å². The van der Waals surface area contributed by atoms with Crippen LogP contribution in [-0.4, -0.2) is 30.7 Å². The van der Waals surface area contributed by atoms with Gasteiger partial charge in [0.15, 0.2) is 11.6 Å². The second-order valence-electron chi connectivity index (χ2n) is 7.44. The number of fused-ring (bicyclic) bond motifs is 1. The zero-order chi connectivity index (χ0) is 21.7. The Labute approximate surface area is 208 Å². The lowest BCUT2D eigenvalue weighted by Crippen LogP contribution is -2.51. The molecule has 0 spiro atoms. The van der Waals surface area contributed by atoms with E-state index in [1.54, 1.807) is 16.8 Å². The van der Waals surface area contributed by atoms with Crippen LogP contribution in [0.25, 0.3) is 11.2 Å². The minimum Gasteiger partial charge on any atom is -0.368 e. The summed E-state index contributed by atoms with van der Waals surface area (Å²) in [4.78, 5) is 23.6. The molecule has 0 amide bonds. The number of aromatic nitrogens is 5. The maximum Gasteiger partial charge on any atom is 0.284 e. The van der Waals surface area contributed by atoms with Gasteiger partial charge in [-0.3, -0.25) is 9.36 Å². The Kier molecular flexibility index (Phi) is 6.92. The molecule has 2 N–H and O–H groups in total. The lowest BCUT2D eigenvalue weighted by molar-refractivity contribution is 0.300. The zero-order valence-corrected chi connectivity index (χ0v) is 20.2. The molecule has 1 unspecified atom stereocenters. The number of hydrogen-bond acceptors (Lipinski definition) is 7. The zero-order valence-electron chi connectivity index (χ0n) is 17.5. The van der Waals surface area contributed by atoms with Crippen molar-refractivity contribution >= 4 is 55.9 Å². The van der Waals surface area contributed by atoms with Crippen LogP contribution < -0.4 is 16.2 Å². The van der Waals surface area contributed by atoms with Gasteiger partial charge in [0.2, 0.25) is 5.95 Å². The van der Waals surface area contributed by atoms with E-state index in [2.05, 4.69) is 23.0 Å². The summed E-state index contributed by atoms with van der Waals surface area (Å²) in [6.07, 6.45) is 3.07. The number of anilines is 2. The van der Waals surface area contributed by atoms with Gasteiger partial charge in [-0.15, -0.1) is 0 Å². The van der Waals surface area contributed by atoms with Crippen molar-refractivity contribution in [3.63, 3.8) is 0 Å². The molecule has 0 bridgehead atoms. The molecular formula is C21H21ClN8OS2. The number of hydrogen-bond donors (Lipinski definition) is 1. The molecule has 170 valence electrons. The van der Waals surface area contributed by atoms with Crippen LogP contribution in [0.4, 0.5) is 11.8 Å². The van der Waals surface area contributed by atoms with Crippen molar-refractivity contribution in [1.82, 2.24) is 24.1 Å². The van der Waals surface area contributed by atoms with Gasteiger partial charge < -0.3 is 10.6 Å². The van der Waals surface area contributed by atoms with Crippen LogP contribution in [0.3, 0.4) is 0 Å². The Morgan fingerprint density at radius 2 is 1.94 bits per heavy atom. The van der Waals surface area contributed by atoms with Gasteiger partial charge in [-0.2, -0.15) is 42.3 Å². The van der Waals surface area contributed by atoms with Crippen molar-refractivity contribution in [2.45, 2.75) is 13.0 Å². The number of benzene rings is 1. The largest absolute Gasteiger partial charge is 0.368 e. The molecule has 1 fully saturated rings. The van der Waals surface area contributed by atoms with Crippen molar-refractivity contribution in [2.75, 3.05) is 17.2 Å². The van der Waals surface area contributed by atoms with E-state index in [1.807, 2.05) is 35.2 Å². The van der Waals surface area contributed by atoms with Gasteiger partial charge >= 0.3 is 0 Å². The fraction of sp³-hybridized carbons (Fsp3) is 0.190. The highest BCUT2D eigenvalue weighted by molar-refractivity contribution is 7.59. The van der Waals surface area contributed by atoms with Crippen LogP contribution in [-0.2, 0) is 0 Å². The number of nitrogen functional groups attached to an aromatic ring is 1. The third-order valence-corrected chi connectivity index (χ3v) is 5.79. The fourth-order valence-electron chi connectivity index (χ4n) is 4.05. The Morgan fingerprint density at radius 1 is 1.21 bits per heavy atom. The first-order valence-corrected chi connectivity index (χ1v) is 10.0. The van der Waals surface area contributed by atoms with Gasteiger partial charge in [-0.25, -0.2) is 9.50 Å². The van der Waals surface area contributed by atoms with Gasteiger partial charge in [-0.05, 0) is 18.2 Å². The Balaban J connectivity index is 0.00000153. The van der Waals surface area contributed by atoms with Crippen molar-refractivity contribution in [3.8, 4) is 11.8 Å². The van der Waals surface area contributed by atoms with Crippen molar-refractivity contribution in [3.05, 3.63) is 75.6 Å². The average Bonchev–Trinajstić information content (AvgIpc) is 3.13. The quantitative estimate of drug-likeness (QED) is 0.459. The molecule has 0 aliphatic carbocycles. The topological polar surface area (TPSA) is 118 Å². The standard InChI is InChI=1S/C21H17ClN8O.2H2S/c1-12-11-28(18-13(9-23)10-25-21(24)26-18)16(12)19-27-29-8-7-15(22)17(29)20(31)30(19)14-5-3-2-4-6-14;;/h2-8,10,12,16H,11H2,1H3,(H2,24,25,26);2*1H2/t12-,16?;;/m0../s1. The van der Waals surface area contributed by atoms with E-state index in [0.717, 1.165) is 0 Å². The predicted molar refractivity (Wildman–Crippen MR) is 137 cm³/mol. The van der Waals surface area contributed by atoms with Gasteiger partial charge in [0.1, 0.15) is 17.1 Å². The maximum absolute atomic E-state index is 13.5. The summed E-state index contributed by atoms with van der Waals surface area (Å²) in [6, 6.07) is 12.7. The van der Waals surface area contributed by atoms with Gasteiger partial charge in [0.05, 0.1) is 22.9 Å². The second-order valence-corrected chi connectivity index (χ2v) is 7.85. The van der Waals surface area contributed by atoms with E-state index in [9.17, 15) is 10.1 Å². The lowest BCUT2D eigenvalue weighted by atomic mass is 9.89. The summed E-state index contributed by atoms with van der Waals surface area (Å²) in [5.41, 5.74) is 6.81. The molecule has 4 aromatic rings. The van der Waals surface area contributed by atoms with Crippen LogP contribution in [0.1, 0.15) is 24.4 Å². The highest BCUT2D eigenvalue weighted by Crippen LogP contribution is 2.42. The van der Waals surface area contributed by atoms with Crippen LogP contribution in [0.2, 0.25) is 5.02 Å². The van der Waals surface area contributed by atoms with E-state index in [0.29, 0.717) is 40.0 Å². The first-order valence-electron chi connectivity index (χ1n) is 9.64. The molecule has 12 heteroatoms. The number of nitrogens with zero attached hydrogens (tertiary/aromatic N) is 7. The van der Waals surface area contributed by atoms with Gasteiger partial charge in [-0.1, -0.05) is 36.7 Å². The molecule has 1 aliphatic rings. The van der Waals surface area contributed by atoms with E-state index in [1.165, 1.54) is 10.7 Å². The molecule has 9 nitrogen and oxygen atoms in total. The van der Waals surface area contributed by atoms with Gasteiger partial charge in [0, 0.05) is 18.7 Å². The normalized spacial score (nSPS) is 16.9. The molecule has 0 radical (unpaired) electrons. The first-order chi connectivity index (χ1) is 15.0. The molecule has 3 aromatic heterocycles. The van der Waals surface area contributed by atoms with E-state index >= 15 is 0 Å². The van der Waals surface area contributed by atoms with Crippen LogP contribution >= 0.6 is 38.6 Å². The molecular weight excluding hydrogens is 480 g/mol. The van der Waals surface area contributed by atoms with E-state index < -0.39 is 0 Å². The van der Waals surface area contributed by atoms with E-state index in [-0.39, 0.29) is 50.5 Å². The summed E-state index contributed by atoms with van der Waals surface area (Å²) < 4.78 is 3.08. The Bertz CT molecular complexity index is 1420. The molecule has 2 atom stereocenters. The summed E-state index contributed by atoms with van der Waals surface area (Å²) in [6.45, 7) is 2.69. The number of para-hydroxylation sites is 1. The molecule has 1 aliphatic heterocycles. The average molecular weight is 501 g/mol. The number of nitriles is 1. The number of nitrogens with two attached hydrogens (primary N) is 1. The van der Waals surface area contributed by atoms with Crippen molar-refractivity contribution < 1.29 is 0 Å². The van der Waals surface area contributed by atoms with Gasteiger partial charge in [0.25, 0.3) is 5.56 Å². The highest BCUT2D eigenvalue weighted by atomic mass is 35.5. The summed E-state index contributed by atoms with van der Waals surface area (Å²) in [5.74, 6) is 1.18. The smallest absolute Gasteiger partial charge is 0.284 e. The fourth-order valence-corrected chi connectivity index (χ4v) is 4.28. The molecule has 0 saturated carbocycles. The Hall–Kier alpha value is -3.20. The SMILES string of the molecule is C[C@H]1CN(c2nc(N)ncc2C#N)C1c1nn2ccc(Cl)c2c(=O)n1-c1ccccc1.S.S.